The third-order valence-corrected chi connectivity index (χ3v) is 5.75. The molecule has 0 fully saturated rings. The molecule has 12 heteroatoms. The molecule has 3 rings (SSSR count). The molecule has 0 aliphatic heterocycles. The number of hydrogen-bond acceptors (Lipinski definition) is 6. The van der Waals surface area contributed by atoms with Crippen LogP contribution in [0.5, 0.6) is 0 Å². The van der Waals surface area contributed by atoms with Gasteiger partial charge in [0.25, 0.3) is 0 Å². The van der Waals surface area contributed by atoms with E-state index in [1.165, 1.54) is 18.3 Å². The van der Waals surface area contributed by atoms with Crippen molar-refractivity contribution < 1.29 is 27.6 Å². The summed E-state index contributed by atoms with van der Waals surface area (Å²) in [6.45, 7) is -0.0659. The fourth-order valence-electron chi connectivity index (χ4n) is 3.76. The van der Waals surface area contributed by atoms with Gasteiger partial charge in [0.2, 0.25) is 17.7 Å². The molecule has 0 aliphatic carbocycles. The van der Waals surface area contributed by atoms with E-state index in [0.29, 0.717) is 17.7 Å². The fraction of sp³-hybridized carbons (Fsp3) is 0.308. The van der Waals surface area contributed by atoms with E-state index in [9.17, 15) is 27.6 Å². The first kappa shape index (κ1) is 28.5. The Morgan fingerprint density at radius 3 is 2.29 bits per heavy atom. The van der Waals surface area contributed by atoms with Crippen LogP contribution >= 0.6 is 0 Å². The second-order valence-corrected chi connectivity index (χ2v) is 8.62. The van der Waals surface area contributed by atoms with Crippen LogP contribution < -0.4 is 27.4 Å². The highest BCUT2D eigenvalue weighted by molar-refractivity contribution is 5.99. The SMILES string of the molecule is NCCC[C@H](NC(=O)CN)C(=O)N[C@@H](Cc1ccc(C(F)(F)F)cc1)C(=O)Nc1cnc2ccccc2c1. The standard InChI is InChI=1S/C26H29F3N6O3/c27-26(28,29)18-9-7-16(8-10-18)12-22(35-24(37)21(6-3-11-30)34-23(36)14-31)25(38)33-19-13-17-4-1-2-5-20(17)32-15-19/h1-2,4-5,7-10,13,15,21-22H,3,6,11-12,14,30-31H2,(H,33,38)(H,34,36)(H,35,37)/t21-,22-/m0/s1. The van der Waals surface area contributed by atoms with Crippen molar-refractivity contribution in [2.75, 3.05) is 18.4 Å². The smallest absolute Gasteiger partial charge is 0.343 e. The third kappa shape index (κ3) is 7.98. The van der Waals surface area contributed by atoms with Crippen molar-refractivity contribution in [2.45, 2.75) is 37.5 Å². The molecule has 0 aliphatic rings. The fourth-order valence-corrected chi connectivity index (χ4v) is 3.76. The average molecular weight is 531 g/mol. The van der Waals surface area contributed by atoms with Crippen molar-refractivity contribution >= 4 is 34.3 Å². The second-order valence-electron chi connectivity index (χ2n) is 8.62. The predicted molar refractivity (Wildman–Crippen MR) is 137 cm³/mol. The number of alkyl halides is 3. The Hall–Kier alpha value is -4.03. The van der Waals surface area contributed by atoms with E-state index >= 15 is 0 Å². The Labute approximate surface area is 217 Å². The molecular weight excluding hydrogens is 501 g/mol. The maximum Gasteiger partial charge on any atom is 0.416 e. The number of pyridine rings is 1. The van der Waals surface area contributed by atoms with Gasteiger partial charge in [-0.15, -0.1) is 0 Å². The molecule has 0 spiro atoms. The summed E-state index contributed by atoms with van der Waals surface area (Å²) in [4.78, 5) is 42.5. The van der Waals surface area contributed by atoms with Crippen LogP contribution in [0.3, 0.4) is 0 Å². The summed E-state index contributed by atoms with van der Waals surface area (Å²) in [6.07, 6.45) is -2.53. The lowest BCUT2D eigenvalue weighted by Crippen LogP contribution is -2.54. The summed E-state index contributed by atoms with van der Waals surface area (Å²) in [6, 6.07) is 11.1. The van der Waals surface area contributed by atoms with Gasteiger partial charge in [0, 0.05) is 11.8 Å². The van der Waals surface area contributed by atoms with E-state index < -0.39 is 41.5 Å². The molecule has 3 aromatic rings. The zero-order valence-electron chi connectivity index (χ0n) is 20.4. The topological polar surface area (TPSA) is 152 Å². The second kappa shape index (κ2) is 13.0. The molecule has 1 heterocycles. The van der Waals surface area contributed by atoms with Crippen LogP contribution in [-0.2, 0) is 27.0 Å². The van der Waals surface area contributed by atoms with Crippen LogP contribution in [0.4, 0.5) is 18.9 Å². The first-order chi connectivity index (χ1) is 18.1. The van der Waals surface area contributed by atoms with Crippen LogP contribution in [-0.4, -0.2) is 47.9 Å². The molecule has 3 amide bonds. The first-order valence-corrected chi connectivity index (χ1v) is 11.9. The Kier molecular flexibility index (Phi) is 9.74. The quantitative estimate of drug-likeness (QED) is 0.256. The highest BCUT2D eigenvalue weighted by atomic mass is 19.4. The van der Waals surface area contributed by atoms with Crippen molar-refractivity contribution in [1.82, 2.24) is 15.6 Å². The number of carbonyl (C=O) groups is 3. The molecule has 7 N–H and O–H groups in total. The van der Waals surface area contributed by atoms with Crippen LogP contribution in [0.25, 0.3) is 10.9 Å². The number of nitrogens with two attached hydrogens (primary N) is 2. The molecule has 38 heavy (non-hydrogen) atoms. The highest BCUT2D eigenvalue weighted by Gasteiger charge is 2.31. The van der Waals surface area contributed by atoms with Gasteiger partial charge in [-0.3, -0.25) is 19.4 Å². The molecule has 2 aromatic carbocycles. The van der Waals surface area contributed by atoms with E-state index in [0.717, 1.165) is 23.0 Å². The molecule has 0 unspecified atom stereocenters. The first-order valence-electron chi connectivity index (χ1n) is 11.9. The van der Waals surface area contributed by atoms with Gasteiger partial charge >= 0.3 is 6.18 Å². The number of para-hydroxylation sites is 1. The molecule has 0 saturated heterocycles. The highest BCUT2D eigenvalue weighted by Crippen LogP contribution is 2.29. The van der Waals surface area contributed by atoms with Crippen LogP contribution in [0, 0.1) is 0 Å². The Balaban J connectivity index is 1.84. The third-order valence-electron chi connectivity index (χ3n) is 5.75. The molecule has 2 atom stereocenters. The van der Waals surface area contributed by atoms with Gasteiger partial charge < -0.3 is 27.4 Å². The number of nitrogens with one attached hydrogen (secondary N) is 3. The van der Waals surface area contributed by atoms with E-state index in [1.807, 2.05) is 24.3 Å². The minimum Gasteiger partial charge on any atom is -0.343 e. The van der Waals surface area contributed by atoms with Gasteiger partial charge in [-0.1, -0.05) is 30.3 Å². The number of nitrogens with zero attached hydrogens (tertiary/aromatic N) is 1. The van der Waals surface area contributed by atoms with E-state index in [-0.39, 0.29) is 25.9 Å². The Morgan fingerprint density at radius 2 is 1.63 bits per heavy atom. The number of anilines is 1. The van der Waals surface area contributed by atoms with Gasteiger partial charge in [-0.05, 0) is 49.2 Å². The number of carbonyl (C=O) groups excluding carboxylic acids is 3. The zero-order valence-corrected chi connectivity index (χ0v) is 20.4. The lowest BCUT2D eigenvalue weighted by Gasteiger charge is -2.23. The number of hydrogen-bond donors (Lipinski definition) is 5. The van der Waals surface area contributed by atoms with Crippen molar-refractivity contribution in [3.8, 4) is 0 Å². The molecule has 1 aromatic heterocycles. The van der Waals surface area contributed by atoms with Crippen molar-refractivity contribution in [3.05, 3.63) is 71.9 Å². The number of rotatable bonds is 11. The number of benzene rings is 2. The Morgan fingerprint density at radius 1 is 0.921 bits per heavy atom. The summed E-state index contributed by atoms with van der Waals surface area (Å²) in [7, 11) is 0. The van der Waals surface area contributed by atoms with Crippen LogP contribution in [0.15, 0.2) is 60.8 Å². The van der Waals surface area contributed by atoms with Crippen molar-refractivity contribution in [1.29, 1.82) is 0 Å². The van der Waals surface area contributed by atoms with Gasteiger partial charge in [0.15, 0.2) is 0 Å². The van der Waals surface area contributed by atoms with Gasteiger partial charge in [-0.25, -0.2) is 0 Å². The van der Waals surface area contributed by atoms with E-state index in [4.69, 9.17) is 11.5 Å². The minimum atomic E-state index is -4.51. The lowest BCUT2D eigenvalue weighted by molar-refractivity contribution is -0.137. The van der Waals surface area contributed by atoms with Gasteiger partial charge in [0.1, 0.15) is 12.1 Å². The summed E-state index contributed by atoms with van der Waals surface area (Å²) in [5, 5.41) is 8.60. The van der Waals surface area contributed by atoms with Gasteiger partial charge in [-0.2, -0.15) is 13.2 Å². The molecule has 202 valence electrons. The van der Waals surface area contributed by atoms with Crippen LogP contribution in [0.2, 0.25) is 0 Å². The number of halogens is 3. The lowest BCUT2D eigenvalue weighted by atomic mass is 10.0. The average Bonchev–Trinajstić information content (AvgIpc) is 2.90. The van der Waals surface area contributed by atoms with Crippen molar-refractivity contribution in [2.24, 2.45) is 11.5 Å². The molecule has 0 saturated carbocycles. The summed E-state index contributed by atoms with van der Waals surface area (Å²) >= 11 is 0. The van der Waals surface area contributed by atoms with Gasteiger partial charge in [0.05, 0.1) is 29.5 Å². The number of aromatic nitrogens is 1. The maximum atomic E-state index is 13.3. The van der Waals surface area contributed by atoms with Crippen LogP contribution in [0.1, 0.15) is 24.0 Å². The largest absolute Gasteiger partial charge is 0.416 e. The molecule has 0 radical (unpaired) electrons. The molecular formula is C26H29F3N6O3. The molecule has 0 bridgehead atoms. The van der Waals surface area contributed by atoms with E-state index in [2.05, 4.69) is 20.9 Å². The maximum absolute atomic E-state index is 13.3. The molecule has 9 nitrogen and oxygen atoms in total. The van der Waals surface area contributed by atoms with E-state index in [1.54, 1.807) is 6.07 Å². The predicted octanol–water partition coefficient (Wildman–Crippen LogP) is 2.10. The summed E-state index contributed by atoms with van der Waals surface area (Å²) < 4.78 is 38.9. The minimum absolute atomic E-state index is 0.106. The monoisotopic (exact) mass is 530 g/mol. The Bertz CT molecular complexity index is 1270. The summed E-state index contributed by atoms with van der Waals surface area (Å²) in [5.41, 5.74) is 11.5. The number of amides is 3. The number of fused-ring (bicyclic) bond motifs is 1. The zero-order chi connectivity index (χ0) is 27.7. The summed E-state index contributed by atoms with van der Waals surface area (Å²) in [5.74, 6) is -1.82. The van der Waals surface area contributed by atoms with Crippen molar-refractivity contribution in [3.63, 3.8) is 0 Å². The normalized spacial score (nSPS) is 13.0.